The Labute approximate surface area is 189 Å². The van der Waals surface area contributed by atoms with E-state index in [9.17, 15) is 22.4 Å². The van der Waals surface area contributed by atoms with Crippen LogP contribution in [0.3, 0.4) is 0 Å². The van der Waals surface area contributed by atoms with Crippen LogP contribution in [0.2, 0.25) is 0 Å². The number of ether oxygens (including phenoxy) is 1. The number of rotatable bonds is 4. The second kappa shape index (κ2) is 7.97. The summed E-state index contributed by atoms with van der Waals surface area (Å²) in [5.41, 5.74) is 1.96. The largest absolute Gasteiger partial charge is 0.492 e. The smallest absolute Gasteiger partial charge is 0.451 e. The number of hydrogen-bond donors (Lipinski definition) is 3. The number of nitrogens with one attached hydrogen (secondary N) is 3. The van der Waals surface area contributed by atoms with Crippen LogP contribution in [0.1, 0.15) is 21.9 Å². The second-order valence-corrected chi connectivity index (χ2v) is 7.46. The van der Waals surface area contributed by atoms with Crippen LogP contribution in [0.4, 0.5) is 28.9 Å². The Balaban J connectivity index is 1.76. The molecule has 0 spiro atoms. The van der Waals surface area contributed by atoms with Crippen LogP contribution >= 0.6 is 0 Å². The highest BCUT2D eigenvalue weighted by atomic mass is 19.4. The number of halogens is 4. The predicted molar refractivity (Wildman–Crippen MR) is 114 cm³/mol. The summed E-state index contributed by atoms with van der Waals surface area (Å²) in [6.07, 6.45) is -1.90. The summed E-state index contributed by atoms with van der Waals surface area (Å²) >= 11 is 0. The Hall–Kier alpha value is -4.22. The van der Waals surface area contributed by atoms with Gasteiger partial charge in [0.2, 0.25) is 5.82 Å². The zero-order valence-corrected chi connectivity index (χ0v) is 17.5. The lowest BCUT2D eigenvalue weighted by Crippen LogP contribution is -2.31. The number of methoxy groups -OCH3 is 1. The molecule has 0 saturated heterocycles. The number of pyridine rings is 1. The fraction of sp³-hybridized carbons (Fsp3) is 0.182. The highest BCUT2D eigenvalue weighted by Crippen LogP contribution is 2.41. The van der Waals surface area contributed by atoms with E-state index in [1.807, 2.05) is 0 Å². The van der Waals surface area contributed by atoms with Gasteiger partial charge in [0.15, 0.2) is 11.6 Å². The van der Waals surface area contributed by atoms with Crippen LogP contribution in [0, 0.1) is 5.82 Å². The molecule has 0 atom stereocenters. The van der Waals surface area contributed by atoms with Crippen molar-refractivity contribution >= 4 is 28.3 Å². The summed E-state index contributed by atoms with van der Waals surface area (Å²) in [6, 6.07) is 5.72. The van der Waals surface area contributed by atoms with Crippen LogP contribution < -0.4 is 15.4 Å². The SMILES string of the molecule is COc1c(F)cccc1Nc1c(-c2ccnc3cnc(C(F)(F)F)nc23)[nH]c2c1C(=O)NCC2. The van der Waals surface area contributed by atoms with Gasteiger partial charge < -0.3 is 20.4 Å². The average molecular weight is 472 g/mol. The Morgan fingerprint density at radius 3 is 2.76 bits per heavy atom. The van der Waals surface area contributed by atoms with Gasteiger partial charge in [0.05, 0.1) is 35.9 Å². The number of nitrogens with zero attached hydrogens (tertiary/aromatic N) is 3. The number of aromatic nitrogens is 4. The molecule has 3 N–H and O–H groups in total. The molecule has 0 unspecified atom stereocenters. The van der Waals surface area contributed by atoms with Crippen molar-refractivity contribution in [1.29, 1.82) is 0 Å². The third-order valence-electron chi connectivity index (χ3n) is 5.40. The number of carbonyl (C=O) groups excluding carboxylic acids is 1. The maximum atomic E-state index is 14.3. The zero-order valence-electron chi connectivity index (χ0n) is 17.5. The first-order chi connectivity index (χ1) is 16.3. The molecule has 0 saturated carbocycles. The highest BCUT2D eigenvalue weighted by molar-refractivity contribution is 6.08. The molecule has 4 aromatic rings. The van der Waals surface area contributed by atoms with Crippen molar-refractivity contribution in [1.82, 2.24) is 25.3 Å². The fourth-order valence-corrected chi connectivity index (χ4v) is 3.93. The van der Waals surface area contributed by atoms with Gasteiger partial charge in [-0.15, -0.1) is 0 Å². The number of hydrogen-bond acceptors (Lipinski definition) is 6. The Bertz CT molecular complexity index is 1430. The van der Waals surface area contributed by atoms with Gasteiger partial charge in [0, 0.05) is 30.4 Å². The number of para-hydroxylation sites is 1. The molecule has 1 amide bonds. The molecule has 4 heterocycles. The van der Waals surface area contributed by atoms with E-state index < -0.39 is 17.8 Å². The van der Waals surface area contributed by atoms with Gasteiger partial charge in [-0.3, -0.25) is 9.78 Å². The minimum absolute atomic E-state index is 0.0573. The molecule has 0 bridgehead atoms. The molecule has 0 aliphatic carbocycles. The van der Waals surface area contributed by atoms with Gasteiger partial charge in [-0.1, -0.05) is 6.07 Å². The summed E-state index contributed by atoms with van der Waals surface area (Å²) in [6.45, 7) is 0.381. The maximum Gasteiger partial charge on any atom is 0.451 e. The summed E-state index contributed by atoms with van der Waals surface area (Å²) in [5.74, 6) is -2.41. The molecule has 3 aromatic heterocycles. The van der Waals surface area contributed by atoms with Crippen LogP contribution in [-0.2, 0) is 12.6 Å². The number of benzene rings is 1. The number of aromatic amines is 1. The highest BCUT2D eigenvalue weighted by Gasteiger charge is 2.35. The summed E-state index contributed by atoms with van der Waals surface area (Å²) in [4.78, 5) is 27.0. The molecule has 0 fully saturated rings. The lowest BCUT2D eigenvalue weighted by Gasteiger charge is -2.17. The summed E-state index contributed by atoms with van der Waals surface area (Å²) < 4.78 is 59.4. The van der Waals surface area contributed by atoms with E-state index >= 15 is 0 Å². The topological polar surface area (TPSA) is 105 Å². The first-order valence-electron chi connectivity index (χ1n) is 10.1. The van der Waals surface area contributed by atoms with Crippen LogP contribution in [-0.4, -0.2) is 39.5 Å². The third-order valence-corrected chi connectivity index (χ3v) is 5.40. The standard InChI is InChI=1S/C22H16F4N6O2/c1-34-19-11(23)3-2-4-13(19)31-18-15-12(6-8-28-20(15)33)30-17(18)10-5-7-27-14-9-29-21(22(24,25)26)32-16(10)14/h2-5,7,9,30-31H,6,8H2,1H3,(H,28,33). The summed E-state index contributed by atoms with van der Waals surface area (Å²) in [7, 11) is 1.30. The average Bonchev–Trinajstić information content (AvgIpc) is 3.17. The Morgan fingerprint density at radius 1 is 1.18 bits per heavy atom. The van der Waals surface area contributed by atoms with Crippen molar-refractivity contribution in [3.63, 3.8) is 0 Å². The molecule has 34 heavy (non-hydrogen) atoms. The minimum Gasteiger partial charge on any atom is -0.492 e. The molecule has 174 valence electrons. The van der Waals surface area contributed by atoms with E-state index in [0.29, 0.717) is 24.4 Å². The predicted octanol–water partition coefficient (Wildman–Crippen LogP) is 4.22. The first kappa shape index (κ1) is 21.6. The molecule has 5 rings (SSSR count). The maximum absolute atomic E-state index is 14.3. The number of anilines is 2. The summed E-state index contributed by atoms with van der Waals surface area (Å²) in [5, 5.41) is 5.78. The lowest BCUT2D eigenvalue weighted by atomic mass is 10.0. The van der Waals surface area contributed by atoms with E-state index in [1.165, 1.54) is 31.5 Å². The van der Waals surface area contributed by atoms with Crippen molar-refractivity contribution in [2.24, 2.45) is 0 Å². The second-order valence-electron chi connectivity index (χ2n) is 7.46. The molecular weight excluding hydrogens is 456 g/mol. The van der Waals surface area contributed by atoms with Gasteiger partial charge in [-0.25, -0.2) is 14.4 Å². The molecule has 12 heteroatoms. The number of alkyl halides is 3. The zero-order chi connectivity index (χ0) is 24.0. The molecule has 1 aliphatic rings. The van der Waals surface area contributed by atoms with Gasteiger partial charge in [-0.05, 0) is 18.2 Å². The molecule has 8 nitrogen and oxygen atoms in total. The first-order valence-corrected chi connectivity index (χ1v) is 10.1. The molecule has 1 aliphatic heterocycles. The molecule has 1 aromatic carbocycles. The van der Waals surface area contributed by atoms with Gasteiger partial charge in [0.1, 0.15) is 11.0 Å². The van der Waals surface area contributed by atoms with Gasteiger partial charge in [0.25, 0.3) is 5.91 Å². The Kier molecular flexibility index (Phi) is 5.07. The number of H-pyrrole nitrogens is 1. The van der Waals surface area contributed by atoms with Gasteiger partial charge in [-0.2, -0.15) is 13.2 Å². The van der Waals surface area contributed by atoms with E-state index in [1.54, 1.807) is 6.07 Å². The number of amides is 1. The number of fused-ring (bicyclic) bond motifs is 2. The van der Waals surface area contributed by atoms with E-state index in [-0.39, 0.29) is 45.2 Å². The lowest BCUT2D eigenvalue weighted by molar-refractivity contribution is -0.144. The minimum atomic E-state index is -4.76. The van der Waals surface area contributed by atoms with Crippen molar-refractivity contribution in [2.75, 3.05) is 19.0 Å². The van der Waals surface area contributed by atoms with Crippen molar-refractivity contribution in [3.8, 4) is 17.0 Å². The van der Waals surface area contributed by atoms with E-state index in [0.717, 1.165) is 6.20 Å². The van der Waals surface area contributed by atoms with E-state index in [2.05, 4.69) is 30.6 Å². The number of carbonyl (C=O) groups is 1. The van der Waals surface area contributed by atoms with Crippen molar-refractivity contribution < 1.29 is 27.1 Å². The van der Waals surface area contributed by atoms with Crippen LogP contribution in [0.5, 0.6) is 5.75 Å². The van der Waals surface area contributed by atoms with Crippen molar-refractivity contribution in [2.45, 2.75) is 12.6 Å². The fourth-order valence-electron chi connectivity index (χ4n) is 3.93. The van der Waals surface area contributed by atoms with Crippen molar-refractivity contribution in [3.05, 3.63) is 59.6 Å². The quantitative estimate of drug-likeness (QED) is 0.385. The van der Waals surface area contributed by atoms with E-state index in [4.69, 9.17) is 4.74 Å². The van der Waals surface area contributed by atoms with Crippen LogP contribution in [0.25, 0.3) is 22.3 Å². The van der Waals surface area contributed by atoms with Gasteiger partial charge >= 0.3 is 6.18 Å². The Morgan fingerprint density at radius 2 is 2.00 bits per heavy atom. The third kappa shape index (κ3) is 3.56. The monoisotopic (exact) mass is 472 g/mol. The molecule has 0 radical (unpaired) electrons. The van der Waals surface area contributed by atoms with Crippen LogP contribution in [0.15, 0.2) is 36.7 Å². The molecular formula is C22H16F4N6O2. The normalized spacial score (nSPS) is 13.5.